The first-order valence-corrected chi connectivity index (χ1v) is 8.50. The molecule has 3 aromatic rings. The summed E-state index contributed by atoms with van der Waals surface area (Å²) in [5.74, 6) is -0.712. The van der Waals surface area contributed by atoms with Crippen LogP contribution in [0.4, 0.5) is 8.78 Å². The number of ether oxygens (including phenoxy) is 1. The lowest BCUT2D eigenvalue weighted by atomic mass is 9.98. The maximum atomic E-state index is 13.9. The monoisotopic (exact) mass is 367 g/mol. The Labute approximate surface area is 156 Å². The van der Waals surface area contributed by atoms with E-state index in [2.05, 4.69) is 5.32 Å². The Morgan fingerprint density at radius 1 is 0.963 bits per heavy atom. The van der Waals surface area contributed by atoms with E-state index in [1.807, 2.05) is 12.1 Å². The van der Waals surface area contributed by atoms with Gasteiger partial charge in [-0.3, -0.25) is 4.79 Å². The first-order chi connectivity index (χ1) is 13.1. The molecular weight excluding hydrogens is 348 g/mol. The average Bonchev–Trinajstić information content (AvgIpc) is 2.69. The molecule has 0 aliphatic rings. The smallest absolute Gasteiger partial charge is 0.254 e. The molecule has 1 atom stereocenters. The summed E-state index contributed by atoms with van der Waals surface area (Å²) < 4.78 is 32.3. The van der Waals surface area contributed by atoms with Crippen LogP contribution in [-0.4, -0.2) is 13.0 Å². The van der Waals surface area contributed by atoms with Crippen LogP contribution in [0.3, 0.4) is 0 Å². The summed E-state index contributed by atoms with van der Waals surface area (Å²) in [5.41, 5.74) is 1.67. The van der Waals surface area contributed by atoms with Crippen molar-refractivity contribution in [2.24, 2.45) is 0 Å². The van der Waals surface area contributed by atoms with E-state index in [9.17, 15) is 13.6 Å². The molecule has 1 N–H and O–H groups in total. The summed E-state index contributed by atoms with van der Waals surface area (Å²) in [6, 6.07) is 18.8. The quantitative estimate of drug-likeness (QED) is 0.687. The van der Waals surface area contributed by atoms with Crippen LogP contribution < -0.4 is 10.1 Å². The van der Waals surface area contributed by atoms with Crippen molar-refractivity contribution >= 4 is 5.91 Å². The molecular formula is C22H19F2NO2. The normalized spacial score (nSPS) is 11.7. The van der Waals surface area contributed by atoms with Crippen molar-refractivity contribution in [1.82, 2.24) is 5.32 Å². The second-order valence-electron chi connectivity index (χ2n) is 6.11. The second-order valence-corrected chi connectivity index (χ2v) is 6.11. The van der Waals surface area contributed by atoms with E-state index in [0.29, 0.717) is 12.2 Å². The first-order valence-electron chi connectivity index (χ1n) is 8.50. The number of hydrogen-bond donors (Lipinski definition) is 1. The number of carbonyl (C=O) groups excluding carboxylic acids is 1. The standard InChI is InChI=1S/C22H19F2NO2/c1-27-18-12-8-16(9-13-18)21(14-15-6-10-17(23)11-7-15)25-22(26)19-4-2-3-5-20(19)24/h2-13,21H,14H2,1H3,(H,25,26). The molecule has 1 unspecified atom stereocenters. The van der Waals surface area contributed by atoms with Gasteiger partial charge in [-0.25, -0.2) is 8.78 Å². The predicted octanol–water partition coefficient (Wildman–Crippen LogP) is 4.69. The minimum atomic E-state index is -0.578. The van der Waals surface area contributed by atoms with Crippen LogP contribution in [0, 0.1) is 11.6 Å². The van der Waals surface area contributed by atoms with E-state index in [4.69, 9.17) is 4.74 Å². The molecule has 0 radical (unpaired) electrons. The van der Waals surface area contributed by atoms with E-state index in [1.54, 1.807) is 37.4 Å². The van der Waals surface area contributed by atoms with Gasteiger partial charge in [-0.2, -0.15) is 0 Å². The van der Waals surface area contributed by atoms with Gasteiger partial charge < -0.3 is 10.1 Å². The third-order valence-corrected chi connectivity index (χ3v) is 4.30. The van der Waals surface area contributed by atoms with Crippen molar-refractivity contribution in [3.05, 3.63) is 101 Å². The molecule has 3 nitrogen and oxygen atoms in total. The molecule has 0 bridgehead atoms. The third kappa shape index (κ3) is 4.70. The van der Waals surface area contributed by atoms with Gasteiger partial charge in [0.2, 0.25) is 0 Å². The Morgan fingerprint density at radius 3 is 2.26 bits per heavy atom. The number of amides is 1. The maximum Gasteiger partial charge on any atom is 0.254 e. The summed E-state index contributed by atoms with van der Waals surface area (Å²) in [7, 11) is 1.57. The Balaban J connectivity index is 1.87. The Kier molecular flexibility index (Phi) is 5.81. The summed E-state index contributed by atoms with van der Waals surface area (Å²) in [4.78, 5) is 12.6. The van der Waals surface area contributed by atoms with Crippen LogP contribution in [0.2, 0.25) is 0 Å². The van der Waals surface area contributed by atoms with Crippen LogP contribution in [-0.2, 0) is 6.42 Å². The predicted molar refractivity (Wildman–Crippen MR) is 99.7 cm³/mol. The zero-order chi connectivity index (χ0) is 19.2. The van der Waals surface area contributed by atoms with Crippen LogP contribution in [0.1, 0.15) is 27.5 Å². The number of rotatable bonds is 6. The van der Waals surface area contributed by atoms with Gasteiger partial charge in [0.1, 0.15) is 17.4 Å². The van der Waals surface area contributed by atoms with Crippen LogP contribution in [0.25, 0.3) is 0 Å². The van der Waals surface area contributed by atoms with E-state index in [1.165, 1.54) is 30.3 Å². The molecule has 0 aliphatic heterocycles. The minimum absolute atomic E-state index is 0.0184. The van der Waals surface area contributed by atoms with E-state index in [-0.39, 0.29) is 11.4 Å². The van der Waals surface area contributed by atoms with Crippen LogP contribution >= 0.6 is 0 Å². The highest BCUT2D eigenvalue weighted by atomic mass is 19.1. The van der Waals surface area contributed by atoms with Crippen LogP contribution in [0.15, 0.2) is 72.8 Å². The zero-order valence-electron chi connectivity index (χ0n) is 14.8. The fraction of sp³-hybridized carbons (Fsp3) is 0.136. The summed E-state index contributed by atoms with van der Waals surface area (Å²) in [6.45, 7) is 0. The first kappa shape index (κ1) is 18.6. The number of nitrogens with one attached hydrogen (secondary N) is 1. The zero-order valence-corrected chi connectivity index (χ0v) is 14.8. The second kappa shape index (κ2) is 8.45. The molecule has 0 saturated carbocycles. The minimum Gasteiger partial charge on any atom is -0.497 e. The number of hydrogen-bond acceptors (Lipinski definition) is 2. The molecule has 0 saturated heterocycles. The maximum absolute atomic E-state index is 13.9. The van der Waals surface area contributed by atoms with Crippen molar-refractivity contribution in [2.75, 3.05) is 7.11 Å². The molecule has 138 valence electrons. The van der Waals surface area contributed by atoms with Gasteiger partial charge in [0.15, 0.2) is 0 Å². The number of carbonyl (C=O) groups is 1. The van der Waals surface area contributed by atoms with E-state index in [0.717, 1.165) is 11.1 Å². The van der Waals surface area contributed by atoms with Gasteiger partial charge in [0.05, 0.1) is 18.7 Å². The van der Waals surface area contributed by atoms with Crippen molar-refractivity contribution in [3.8, 4) is 5.75 Å². The largest absolute Gasteiger partial charge is 0.497 e. The van der Waals surface area contributed by atoms with Crippen molar-refractivity contribution < 1.29 is 18.3 Å². The van der Waals surface area contributed by atoms with Gasteiger partial charge in [0.25, 0.3) is 5.91 Å². The Morgan fingerprint density at radius 2 is 1.63 bits per heavy atom. The highest BCUT2D eigenvalue weighted by Crippen LogP contribution is 2.22. The summed E-state index contributed by atoms with van der Waals surface area (Å²) >= 11 is 0. The molecule has 0 aromatic heterocycles. The van der Waals surface area contributed by atoms with Gasteiger partial charge in [-0.1, -0.05) is 36.4 Å². The van der Waals surface area contributed by atoms with E-state index >= 15 is 0 Å². The summed E-state index contributed by atoms with van der Waals surface area (Å²) in [5, 5.41) is 2.88. The third-order valence-electron chi connectivity index (χ3n) is 4.30. The topological polar surface area (TPSA) is 38.3 Å². The molecule has 0 aliphatic carbocycles. The molecule has 27 heavy (non-hydrogen) atoms. The van der Waals surface area contributed by atoms with Crippen molar-refractivity contribution in [2.45, 2.75) is 12.5 Å². The molecule has 3 aromatic carbocycles. The fourth-order valence-electron chi connectivity index (χ4n) is 2.83. The number of benzene rings is 3. The Bertz CT molecular complexity index is 908. The lowest BCUT2D eigenvalue weighted by molar-refractivity contribution is 0.0932. The van der Waals surface area contributed by atoms with E-state index < -0.39 is 17.8 Å². The Hall–Kier alpha value is -3.21. The molecule has 5 heteroatoms. The van der Waals surface area contributed by atoms with Gasteiger partial charge in [-0.15, -0.1) is 0 Å². The lowest BCUT2D eigenvalue weighted by Crippen LogP contribution is -2.30. The summed E-state index contributed by atoms with van der Waals surface area (Å²) in [6.07, 6.45) is 0.437. The van der Waals surface area contributed by atoms with Gasteiger partial charge in [0, 0.05) is 0 Å². The highest BCUT2D eigenvalue weighted by molar-refractivity contribution is 5.94. The average molecular weight is 367 g/mol. The fourth-order valence-corrected chi connectivity index (χ4v) is 2.83. The van der Waals surface area contributed by atoms with Gasteiger partial charge in [-0.05, 0) is 53.9 Å². The van der Waals surface area contributed by atoms with Crippen molar-refractivity contribution in [3.63, 3.8) is 0 Å². The molecule has 0 spiro atoms. The number of halogens is 2. The molecule has 0 fully saturated rings. The SMILES string of the molecule is COc1ccc(C(Cc2ccc(F)cc2)NC(=O)c2ccccc2F)cc1. The van der Waals surface area contributed by atoms with Gasteiger partial charge >= 0.3 is 0 Å². The van der Waals surface area contributed by atoms with Crippen molar-refractivity contribution in [1.29, 1.82) is 0 Å². The molecule has 0 heterocycles. The molecule has 1 amide bonds. The van der Waals surface area contributed by atoms with Crippen LogP contribution in [0.5, 0.6) is 5.75 Å². The molecule has 3 rings (SSSR count). The number of methoxy groups -OCH3 is 1. The lowest BCUT2D eigenvalue weighted by Gasteiger charge is -2.20. The highest BCUT2D eigenvalue weighted by Gasteiger charge is 2.19.